The van der Waals surface area contributed by atoms with Crippen LogP contribution in [0.25, 0.3) is 0 Å². The van der Waals surface area contributed by atoms with Gasteiger partial charge in [0.15, 0.2) is 0 Å². The molecule has 0 aliphatic rings. The molecule has 4 atom stereocenters. The molecule has 8 N–H and O–H groups in total. The van der Waals surface area contributed by atoms with Crippen molar-refractivity contribution in [3.8, 4) is 0 Å². The Labute approximate surface area is 205 Å². The molecule has 0 heterocycles. The predicted molar refractivity (Wildman–Crippen MR) is 132 cm³/mol. The van der Waals surface area contributed by atoms with Crippen molar-refractivity contribution in [2.45, 2.75) is 30.8 Å². The zero-order chi connectivity index (χ0) is 25.8. The van der Waals surface area contributed by atoms with Gasteiger partial charge in [0.25, 0.3) is 0 Å². The molecule has 35 heavy (non-hydrogen) atoms. The smallest absolute Gasteiger partial charge is 0.0945 e. The lowest BCUT2D eigenvalue weighted by Crippen LogP contribution is -2.40. The first-order valence-electron chi connectivity index (χ1n) is 11.6. The second-order valence-corrected chi connectivity index (χ2v) is 8.67. The van der Waals surface area contributed by atoms with Gasteiger partial charge in [0.05, 0.1) is 50.8 Å². The lowest BCUT2D eigenvalue weighted by molar-refractivity contribution is 0.0838. The van der Waals surface area contributed by atoms with E-state index in [1.165, 1.54) is 0 Å². The van der Waals surface area contributed by atoms with Crippen LogP contribution in [0.3, 0.4) is 0 Å². The Morgan fingerprint density at radius 1 is 0.457 bits per heavy atom. The maximum Gasteiger partial charge on any atom is 0.0945 e. The summed E-state index contributed by atoms with van der Waals surface area (Å²) in [6.45, 7) is -1.18. The van der Waals surface area contributed by atoms with Gasteiger partial charge in [-0.2, -0.15) is 0 Å². The van der Waals surface area contributed by atoms with Crippen molar-refractivity contribution in [1.29, 1.82) is 0 Å². The Hall–Kier alpha value is -2.28. The van der Waals surface area contributed by atoms with Crippen molar-refractivity contribution in [2.75, 3.05) is 62.4 Å². The van der Waals surface area contributed by atoms with Crippen LogP contribution in [0.5, 0.6) is 0 Å². The largest absolute Gasteiger partial charge is 0.394 e. The number of hydrogen-bond donors (Lipinski definition) is 8. The SMILES string of the molecule is OC[C@@H](O)CN(C[C@H](O)CO)c1ccc(Cc2ccc(N(C[C@H](O)CO)C[C@H](O)CO)cc2)cc1. The monoisotopic (exact) mass is 494 g/mol. The van der Waals surface area contributed by atoms with Gasteiger partial charge in [0, 0.05) is 37.6 Å². The van der Waals surface area contributed by atoms with Crippen LogP contribution in [0, 0.1) is 0 Å². The molecule has 2 aromatic rings. The van der Waals surface area contributed by atoms with E-state index in [4.69, 9.17) is 20.4 Å². The van der Waals surface area contributed by atoms with E-state index >= 15 is 0 Å². The molecule has 0 radical (unpaired) electrons. The summed E-state index contributed by atoms with van der Waals surface area (Å²) < 4.78 is 0. The zero-order valence-corrected chi connectivity index (χ0v) is 19.8. The Kier molecular flexibility index (Phi) is 12.4. The third-order valence-corrected chi connectivity index (χ3v) is 5.58. The first-order chi connectivity index (χ1) is 16.8. The molecule has 0 spiro atoms. The maximum atomic E-state index is 9.82. The molecule has 0 bridgehead atoms. The minimum atomic E-state index is -0.976. The van der Waals surface area contributed by atoms with Crippen molar-refractivity contribution in [2.24, 2.45) is 0 Å². The topological polar surface area (TPSA) is 168 Å². The molecule has 10 heteroatoms. The van der Waals surface area contributed by atoms with E-state index in [1.54, 1.807) is 9.80 Å². The van der Waals surface area contributed by atoms with Gasteiger partial charge in [-0.25, -0.2) is 0 Å². The standard InChI is InChI=1S/C25H38N2O8/c28-14-22(32)10-26(11-23(33)15-29)20-5-1-18(2-6-20)9-19-3-7-21(8-4-19)27(12-24(34)16-30)13-25(35)17-31/h1-8,22-25,28-35H,9-17H2/t22-,23-,24-,25-/m0/s1. The molecule has 196 valence electrons. The first kappa shape index (κ1) is 29.0. The fourth-order valence-corrected chi connectivity index (χ4v) is 3.70. The predicted octanol–water partition coefficient (Wildman–Crippen LogP) is -1.70. The molecular weight excluding hydrogens is 456 g/mol. The molecule has 0 aromatic heterocycles. The highest BCUT2D eigenvalue weighted by molar-refractivity contribution is 5.50. The molecule has 0 saturated carbocycles. The fraction of sp³-hybridized carbons (Fsp3) is 0.520. The van der Waals surface area contributed by atoms with Gasteiger partial charge >= 0.3 is 0 Å². The highest BCUT2D eigenvalue weighted by Gasteiger charge is 2.17. The van der Waals surface area contributed by atoms with Crippen LogP contribution in [-0.2, 0) is 6.42 Å². The van der Waals surface area contributed by atoms with E-state index in [9.17, 15) is 20.4 Å². The van der Waals surface area contributed by atoms with Crippen molar-refractivity contribution in [3.05, 3.63) is 59.7 Å². The lowest BCUT2D eigenvalue weighted by atomic mass is 10.0. The average molecular weight is 495 g/mol. The fourth-order valence-electron chi connectivity index (χ4n) is 3.70. The summed E-state index contributed by atoms with van der Waals surface area (Å²) >= 11 is 0. The number of rotatable bonds is 16. The molecule has 0 unspecified atom stereocenters. The number of aliphatic hydroxyl groups excluding tert-OH is 8. The quantitative estimate of drug-likeness (QED) is 0.135. The second-order valence-electron chi connectivity index (χ2n) is 8.67. The summed E-state index contributed by atoms with van der Waals surface area (Å²) in [6, 6.07) is 15.1. The van der Waals surface area contributed by atoms with Gasteiger partial charge in [0.1, 0.15) is 0 Å². The van der Waals surface area contributed by atoms with Crippen LogP contribution >= 0.6 is 0 Å². The normalized spacial score (nSPS) is 14.9. The van der Waals surface area contributed by atoms with Crippen molar-refractivity contribution < 1.29 is 40.9 Å². The van der Waals surface area contributed by atoms with Crippen LogP contribution in [0.1, 0.15) is 11.1 Å². The summed E-state index contributed by atoms with van der Waals surface area (Å²) in [5.41, 5.74) is 3.53. The van der Waals surface area contributed by atoms with E-state index in [2.05, 4.69) is 0 Å². The van der Waals surface area contributed by atoms with E-state index < -0.39 is 50.8 Å². The summed E-state index contributed by atoms with van der Waals surface area (Å²) in [5.74, 6) is 0. The Morgan fingerprint density at radius 2 is 0.714 bits per heavy atom. The van der Waals surface area contributed by atoms with Crippen LogP contribution < -0.4 is 9.80 Å². The maximum absolute atomic E-state index is 9.82. The lowest BCUT2D eigenvalue weighted by Gasteiger charge is -2.29. The van der Waals surface area contributed by atoms with E-state index in [-0.39, 0.29) is 26.2 Å². The molecule has 2 rings (SSSR count). The highest BCUT2D eigenvalue weighted by Crippen LogP contribution is 2.21. The van der Waals surface area contributed by atoms with Gasteiger partial charge in [-0.15, -0.1) is 0 Å². The molecule has 0 amide bonds. The van der Waals surface area contributed by atoms with Crippen LogP contribution in [0.2, 0.25) is 0 Å². The van der Waals surface area contributed by atoms with Gasteiger partial charge in [-0.05, 0) is 41.8 Å². The number of benzene rings is 2. The van der Waals surface area contributed by atoms with Crippen LogP contribution in [0.4, 0.5) is 11.4 Å². The first-order valence-corrected chi connectivity index (χ1v) is 11.6. The molecule has 0 aliphatic heterocycles. The number of aliphatic hydroxyl groups is 8. The molecule has 0 fully saturated rings. The Bertz CT molecular complexity index is 743. The summed E-state index contributed by atoms with van der Waals surface area (Å²) in [7, 11) is 0. The van der Waals surface area contributed by atoms with Gasteiger partial charge < -0.3 is 50.7 Å². The number of anilines is 2. The number of nitrogens with zero attached hydrogens (tertiary/aromatic N) is 2. The summed E-state index contributed by atoms with van der Waals surface area (Å²) in [6.07, 6.45) is -3.27. The second kappa shape index (κ2) is 15.0. The van der Waals surface area contributed by atoms with Crippen molar-refractivity contribution in [3.63, 3.8) is 0 Å². The molecular formula is C25H38N2O8. The van der Waals surface area contributed by atoms with E-state index in [0.717, 1.165) is 22.5 Å². The average Bonchev–Trinajstić information content (AvgIpc) is 2.88. The van der Waals surface area contributed by atoms with Gasteiger partial charge in [-0.3, -0.25) is 0 Å². The van der Waals surface area contributed by atoms with Crippen LogP contribution in [-0.4, -0.2) is 118 Å². The molecule has 0 saturated heterocycles. The van der Waals surface area contributed by atoms with E-state index in [1.807, 2.05) is 48.5 Å². The summed E-state index contributed by atoms with van der Waals surface area (Å²) in [4.78, 5) is 3.41. The third-order valence-electron chi connectivity index (χ3n) is 5.58. The third kappa shape index (κ3) is 9.71. The number of hydrogen-bond acceptors (Lipinski definition) is 10. The molecule has 2 aromatic carbocycles. The zero-order valence-electron chi connectivity index (χ0n) is 19.8. The van der Waals surface area contributed by atoms with Crippen LogP contribution in [0.15, 0.2) is 48.5 Å². The molecule has 10 nitrogen and oxygen atoms in total. The Morgan fingerprint density at radius 3 is 0.943 bits per heavy atom. The molecule has 0 aliphatic carbocycles. The summed E-state index contributed by atoms with van der Waals surface area (Å²) in [5, 5.41) is 75.9. The van der Waals surface area contributed by atoms with E-state index in [0.29, 0.717) is 6.42 Å². The Balaban J connectivity index is 2.09. The van der Waals surface area contributed by atoms with Crippen molar-refractivity contribution in [1.82, 2.24) is 0 Å². The minimum Gasteiger partial charge on any atom is -0.394 e. The van der Waals surface area contributed by atoms with Crippen molar-refractivity contribution >= 4 is 11.4 Å². The highest BCUT2D eigenvalue weighted by atomic mass is 16.3. The van der Waals surface area contributed by atoms with Gasteiger partial charge in [-0.1, -0.05) is 24.3 Å². The van der Waals surface area contributed by atoms with Gasteiger partial charge in [0.2, 0.25) is 0 Å². The minimum absolute atomic E-state index is 0.112.